The third-order valence-corrected chi connectivity index (χ3v) is 4.64. The lowest BCUT2D eigenvalue weighted by Gasteiger charge is -2.15. The summed E-state index contributed by atoms with van der Waals surface area (Å²) < 4.78 is 0.626. The molecule has 0 spiro atoms. The van der Waals surface area contributed by atoms with Gasteiger partial charge in [0.1, 0.15) is 10.5 Å². The number of aromatic amines is 1. The maximum Gasteiger partial charge on any atom is 0.272 e. The van der Waals surface area contributed by atoms with Gasteiger partial charge in [-0.2, -0.15) is 0 Å². The van der Waals surface area contributed by atoms with Crippen molar-refractivity contribution in [3.05, 3.63) is 67.6 Å². The molecule has 0 unspecified atom stereocenters. The van der Waals surface area contributed by atoms with Crippen LogP contribution in [-0.2, 0) is 13.0 Å². The number of benzene rings is 1. The van der Waals surface area contributed by atoms with Gasteiger partial charge < -0.3 is 4.98 Å². The third-order valence-electron chi connectivity index (χ3n) is 3.73. The van der Waals surface area contributed by atoms with E-state index in [0.717, 1.165) is 0 Å². The monoisotopic (exact) mass is 344 g/mol. The maximum absolute atomic E-state index is 12.0. The fourth-order valence-corrected chi connectivity index (χ4v) is 3.27. The van der Waals surface area contributed by atoms with Crippen molar-refractivity contribution in [2.75, 3.05) is 13.6 Å². The number of rotatable bonds is 6. The minimum atomic E-state index is -0.362. The first-order valence-corrected chi connectivity index (χ1v) is 8.30. The molecule has 3 aromatic rings. The number of H-pyrrole nitrogens is 1. The Kier molecular flexibility index (Phi) is 4.68. The first-order valence-electron chi connectivity index (χ1n) is 7.42. The molecule has 0 aliphatic carbocycles. The van der Waals surface area contributed by atoms with E-state index in [9.17, 15) is 14.9 Å². The number of nitro benzene ring substituents is 1. The number of hydrogen-bond donors (Lipinski definition) is 1. The molecular weight excluding hydrogens is 328 g/mol. The van der Waals surface area contributed by atoms with Crippen LogP contribution in [0.4, 0.5) is 5.69 Å². The normalized spacial score (nSPS) is 11.2. The first kappa shape index (κ1) is 16.3. The van der Waals surface area contributed by atoms with E-state index in [-0.39, 0.29) is 16.2 Å². The molecule has 7 nitrogen and oxygen atoms in total. The van der Waals surface area contributed by atoms with Crippen molar-refractivity contribution >= 4 is 27.2 Å². The van der Waals surface area contributed by atoms with Gasteiger partial charge >= 0.3 is 0 Å². The van der Waals surface area contributed by atoms with E-state index in [1.807, 2.05) is 23.4 Å². The molecule has 0 fully saturated rings. The highest BCUT2D eigenvalue weighted by molar-refractivity contribution is 7.17. The standard InChI is InChI=1S/C16H16N4O3S/c1-19(8-6-11-4-2-3-5-13(11)20(22)23)10-14-17-12-7-9-24-15(12)16(21)18-14/h2-5,7,9H,6,8,10H2,1H3,(H,17,18,21). The Morgan fingerprint density at radius 1 is 1.33 bits per heavy atom. The van der Waals surface area contributed by atoms with Crippen LogP contribution in [0.5, 0.6) is 0 Å². The molecule has 2 aromatic heterocycles. The summed E-state index contributed by atoms with van der Waals surface area (Å²) in [5, 5.41) is 12.9. The van der Waals surface area contributed by atoms with Crippen molar-refractivity contribution < 1.29 is 4.92 Å². The highest BCUT2D eigenvalue weighted by Gasteiger charge is 2.13. The van der Waals surface area contributed by atoms with Crippen molar-refractivity contribution in [1.82, 2.24) is 14.9 Å². The number of nitrogens with zero attached hydrogens (tertiary/aromatic N) is 3. The Morgan fingerprint density at radius 2 is 2.12 bits per heavy atom. The molecule has 124 valence electrons. The fraction of sp³-hybridized carbons (Fsp3) is 0.250. The van der Waals surface area contributed by atoms with E-state index in [1.165, 1.54) is 17.4 Å². The lowest BCUT2D eigenvalue weighted by atomic mass is 10.1. The van der Waals surface area contributed by atoms with Gasteiger partial charge in [0.2, 0.25) is 0 Å². The van der Waals surface area contributed by atoms with E-state index in [4.69, 9.17) is 0 Å². The van der Waals surface area contributed by atoms with Crippen molar-refractivity contribution in [2.45, 2.75) is 13.0 Å². The number of para-hydroxylation sites is 1. The molecule has 0 amide bonds. The average molecular weight is 344 g/mol. The predicted molar refractivity (Wildman–Crippen MR) is 93.4 cm³/mol. The Hall–Kier alpha value is -2.58. The molecule has 0 atom stereocenters. The molecule has 0 aliphatic rings. The molecule has 2 heterocycles. The minimum absolute atomic E-state index is 0.128. The SMILES string of the molecule is CN(CCc1ccccc1[N+](=O)[O-])Cc1nc2ccsc2c(=O)[nH]1. The van der Waals surface area contributed by atoms with Crippen molar-refractivity contribution in [1.29, 1.82) is 0 Å². The Morgan fingerprint density at radius 3 is 2.92 bits per heavy atom. The smallest absolute Gasteiger partial charge is 0.272 e. The molecule has 0 radical (unpaired) electrons. The molecule has 3 rings (SSSR count). The number of likely N-dealkylation sites (N-methyl/N-ethyl adjacent to an activating group) is 1. The topological polar surface area (TPSA) is 92.1 Å². The van der Waals surface area contributed by atoms with Crippen LogP contribution >= 0.6 is 11.3 Å². The Bertz CT molecular complexity index is 934. The van der Waals surface area contributed by atoms with Crippen molar-refractivity contribution in [2.24, 2.45) is 0 Å². The third kappa shape index (κ3) is 3.50. The predicted octanol–water partition coefficient (Wildman–Crippen LogP) is 2.57. The number of thiophene rings is 1. The van der Waals surface area contributed by atoms with Gasteiger partial charge in [0.25, 0.3) is 11.2 Å². The second kappa shape index (κ2) is 6.90. The van der Waals surface area contributed by atoms with Crippen molar-refractivity contribution in [3.63, 3.8) is 0 Å². The van der Waals surface area contributed by atoms with E-state index in [1.54, 1.807) is 18.2 Å². The van der Waals surface area contributed by atoms with Gasteiger partial charge in [-0.15, -0.1) is 11.3 Å². The summed E-state index contributed by atoms with van der Waals surface area (Å²) in [6, 6.07) is 8.57. The van der Waals surface area contributed by atoms with Crippen LogP contribution in [0, 0.1) is 10.1 Å². The maximum atomic E-state index is 12.0. The fourth-order valence-electron chi connectivity index (χ4n) is 2.54. The summed E-state index contributed by atoms with van der Waals surface area (Å²) in [4.78, 5) is 31.8. The number of hydrogen-bond acceptors (Lipinski definition) is 6. The molecule has 24 heavy (non-hydrogen) atoms. The van der Waals surface area contributed by atoms with Crippen LogP contribution in [0.1, 0.15) is 11.4 Å². The van der Waals surface area contributed by atoms with E-state index in [0.29, 0.717) is 41.1 Å². The van der Waals surface area contributed by atoms with Crippen molar-refractivity contribution in [3.8, 4) is 0 Å². The molecule has 8 heteroatoms. The Balaban J connectivity index is 1.68. The summed E-state index contributed by atoms with van der Waals surface area (Å²) >= 11 is 1.37. The molecule has 0 aliphatic heterocycles. The second-order valence-corrected chi connectivity index (χ2v) is 6.44. The van der Waals surface area contributed by atoms with Gasteiger partial charge in [0.15, 0.2) is 0 Å². The highest BCUT2D eigenvalue weighted by atomic mass is 32.1. The molecule has 0 saturated carbocycles. The molecule has 0 bridgehead atoms. The van der Waals surface area contributed by atoms with E-state index in [2.05, 4.69) is 9.97 Å². The molecular formula is C16H16N4O3S. The largest absolute Gasteiger partial charge is 0.308 e. The quantitative estimate of drug-likeness (QED) is 0.548. The minimum Gasteiger partial charge on any atom is -0.308 e. The van der Waals surface area contributed by atoms with E-state index >= 15 is 0 Å². The Labute approximate surface area is 141 Å². The summed E-state index contributed by atoms with van der Waals surface area (Å²) in [5.41, 5.74) is 1.41. The zero-order valence-electron chi connectivity index (χ0n) is 13.1. The van der Waals surface area contributed by atoms with Crippen LogP contribution in [-0.4, -0.2) is 33.4 Å². The molecule has 1 aromatic carbocycles. The average Bonchev–Trinajstić information content (AvgIpc) is 3.02. The van der Waals surface area contributed by atoms with Gasteiger partial charge in [-0.25, -0.2) is 4.98 Å². The summed E-state index contributed by atoms with van der Waals surface area (Å²) in [6.07, 6.45) is 0.554. The van der Waals surface area contributed by atoms with Gasteiger partial charge in [0, 0.05) is 18.2 Å². The number of nitro groups is 1. The second-order valence-electron chi connectivity index (χ2n) is 5.52. The molecule has 0 saturated heterocycles. The number of aromatic nitrogens is 2. The van der Waals surface area contributed by atoms with Crippen LogP contribution in [0.25, 0.3) is 10.2 Å². The van der Waals surface area contributed by atoms with Gasteiger partial charge in [-0.3, -0.25) is 19.8 Å². The highest BCUT2D eigenvalue weighted by Crippen LogP contribution is 2.18. The van der Waals surface area contributed by atoms with Crippen LogP contribution in [0.15, 0.2) is 40.5 Å². The van der Waals surface area contributed by atoms with Crippen LogP contribution in [0.2, 0.25) is 0 Å². The van der Waals surface area contributed by atoms with E-state index < -0.39 is 0 Å². The lowest BCUT2D eigenvalue weighted by Crippen LogP contribution is -2.24. The summed E-state index contributed by atoms with van der Waals surface area (Å²) in [7, 11) is 1.90. The number of nitrogens with one attached hydrogen (secondary N) is 1. The summed E-state index contributed by atoms with van der Waals surface area (Å²) in [5.74, 6) is 0.593. The number of fused-ring (bicyclic) bond motifs is 1. The van der Waals surface area contributed by atoms with Gasteiger partial charge in [0.05, 0.1) is 17.0 Å². The lowest BCUT2D eigenvalue weighted by molar-refractivity contribution is -0.385. The summed E-state index contributed by atoms with van der Waals surface area (Å²) in [6.45, 7) is 1.10. The zero-order valence-corrected chi connectivity index (χ0v) is 13.9. The first-order chi connectivity index (χ1) is 11.5. The molecule has 1 N–H and O–H groups in total. The van der Waals surface area contributed by atoms with Crippen LogP contribution in [0.3, 0.4) is 0 Å². The zero-order chi connectivity index (χ0) is 17.1. The van der Waals surface area contributed by atoms with Gasteiger partial charge in [-0.1, -0.05) is 18.2 Å². The van der Waals surface area contributed by atoms with Crippen LogP contribution < -0.4 is 5.56 Å². The van der Waals surface area contributed by atoms with Gasteiger partial charge in [-0.05, 0) is 24.9 Å².